The van der Waals surface area contributed by atoms with Gasteiger partial charge in [0.1, 0.15) is 5.76 Å². The second kappa shape index (κ2) is 6.56. The Labute approximate surface area is 117 Å². The first-order chi connectivity index (χ1) is 9.65. The lowest BCUT2D eigenvalue weighted by atomic mass is 10.1. The van der Waals surface area contributed by atoms with Crippen LogP contribution >= 0.6 is 0 Å². The Morgan fingerprint density at radius 1 is 1.30 bits per heavy atom. The smallest absolute Gasteiger partial charge is 0.259 e. The highest BCUT2D eigenvalue weighted by Crippen LogP contribution is 2.13. The van der Waals surface area contributed by atoms with Crippen molar-refractivity contribution in [2.45, 2.75) is 13.8 Å². The number of hydrogen-bond donors (Lipinski definition) is 2. The van der Waals surface area contributed by atoms with E-state index in [1.807, 2.05) is 25.1 Å². The molecule has 0 aliphatic heterocycles. The molecule has 0 saturated heterocycles. The molecule has 1 amide bonds. The molecule has 104 valence electrons. The second-order valence-corrected chi connectivity index (χ2v) is 4.46. The fourth-order valence-corrected chi connectivity index (χ4v) is 1.61. The van der Waals surface area contributed by atoms with Crippen molar-refractivity contribution >= 4 is 17.8 Å². The molecule has 0 aliphatic rings. The Morgan fingerprint density at radius 2 is 2.15 bits per heavy atom. The summed E-state index contributed by atoms with van der Waals surface area (Å²) in [7, 11) is 0. The van der Waals surface area contributed by atoms with E-state index in [1.54, 1.807) is 18.4 Å². The highest BCUT2D eigenvalue weighted by molar-refractivity contribution is 5.83. The van der Waals surface area contributed by atoms with Crippen LogP contribution in [0, 0.1) is 13.8 Å². The number of furan rings is 1. The summed E-state index contributed by atoms with van der Waals surface area (Å²) < 4.78 is 5.05. The van der Waals surface area contributed by atoms with Gasteiger partial charge in [0.15, 0.2) is 0 Å². The van der Waals surface area contributed by atoms with Crippen LogP contribution in [0.25, 0.3) is 0 Å². The molecular weight excluding hydrogens is 254 g/mol. The lowest BCUT2D eigenvalue weighted by molar-refractivity contribution is -0.119. The monoisotopic (exact) mass is 271 g/mol. The summed E-state index contributed by atoms with van der Waals surface area (Å²) in [6, 6.07) is 9.48. The van der Waals surface area contributed by atoms with E-state index in [9.17, 15) is 4.79 Å². The lowest BCUT2D eigenvalue weighted by Gasteiger charge is -2.07. The van der Waals surface area contributed by atoms with Gasteiger partial charge in [0.05, 0.1) is 19.0 Å². The number of anilines is 1. The first-order valence-electron chi connectivity index (χ1n) is 6.31. The molecule has 0 fully saturated rings. The SMILES string of the molecule is Cc1ccc(NCC(=O)N/N=C\c2ccco2)cc1C. The minimum absolute atomic E-state index is 0.165. The van der Waals surface area contributed by atoms with Crippen LogP contribution < -0.4 is 10.7 Å². The van der Waals surface area contributed by atoms with Crippen LogP contribution in [0.15, 0.2) is 46.1 Å². The van der Waals surface area contributed by atoms with Crippen molar-refractivity contribution in [3.8, 4) is 0 Å². The molecule has 1 aromatic carbocycles. The van der Waals surface area contributed by atoms with Gasteiger partial charge in [-0.05, 0) is 49.2 Å². The number of carbonyl (C=O) groups is 1. The van der Waals surface area contributed by atoms with Gasteiger partial charge in [0.25, 0.3) is 5.91 Å². The molecule has 0 bridgehead atoms. The molecule has 5 nitrogen and oxygen atoms in total. The summed E-state index contributed by atoms with van der Waals surface area (Å²) in [5.41, 5.74) is 5.75. The quantitative estimate of drug-likeness (QED) is 0.648. The number of nitrogens with zero attached hydrogens (tertiary/aromatic N) is 1. The molecule has 5 heteroatoms. The topological polar surface area (TPSA) is 66.6 Å². The summed E-state index contributed by atoms with van der Waals surface area (Å²) in [4.78, 5) is 11.6. The number of hydrogen-bond acceptors (Lipinski definition) is 4. The number of amides is 1. The van der Waals surface area contributed by atoms with Gasteiger partial charge >= 0.3 is 0 Å². The van der Waals surface area contributed by atoms with Crippen molar-refractivity contribution < 1.29 is 9.21 Å². The zero-order valence-corrected chi connectivity index (χ0v) is 11.5. The molecule has 0 spiro atoms. The van der Waals surface area contributed by atoms with Crippen LogP contribution in [0.1, 0.15) is 16.9 Å². The zero-order chi connectivity index (χ0) is 14.4. The number of carbonyl (C=O) groups excluding carboxylic acids is 1. The van der Waals surface area contributed by atoms with Crippen molar-refractivity contribution in [2.75, 3.05) is 11.9 Å². The molecule has 0 unspecified atom stereocenters. The Hall–Kier alpha value is -2.56. The van der Waals surface area contributed by atoms with E-state index in [0.29, 0.717) is 5.76 Å². The fourth-order valence-electron chi connectivity index (χ4n) is 1.61. The lowest BCUT2D eigenvalue weighted by Crippen LogP contribution is -2.25. The average Bonchev–Trinajstić information content (AvgIpc) is 2.93. The molecule has 0 radical (unpaired) electrons. The predicted octanol–water partition coefficient (Wildman–Crippen LogP) is 2.46. The van der Waals surface area contributed by atoms with Crippen molar-refractivity contribution in [3.63, 3.8) is 0 Å². The molecule has 2 N–H and O–H groups in total. The second-order valence-electron chi connectivity index (χ2n) is 4.46. The summed E-state index contributed by atoms with van der Waals surface area (Å²) in [6.07, 6.45) is 3.00. The first-order valence-corrected chi connectivity index (χ1v) is 6.31. The molecule has 2 rings (SSSR count). The van der Waals surface area contributed by atoms with Gasteiger partial charge in [-0.15, -0.1) is 0 Å². The number of nitrogens with one attached hydrogen (secondary N) is 2. The summed E-state index contributed by atoms with van der Waals surface area (Å²) in [5, 5.41) is 6.85. The van der Waals surface area contributed by atoms with E-state index < -0.39 is 0 Å². The van der Waals surface area contributed by atoms with Crippen molar-refractivity contribution in [1.82, 2.24) is 5.43 Å². The van der Waals surface area contributed by atoms with Crippen LogP contribution in [-0.4, -0.2) is 18.7 Å². The predicted molar refractivity (Wildman–Crippen MR) is 78.9 cm³/mol. The van der Waals surface area contributed by atoms with Gasteiger partial charge in [-0.3, -0.25) is 4.79 Å². The van der Waals surface area contributed by atoms with Gasteiger partial charge < -0.3 is 9.73 Å². The van der Waals surface area contributed by atoms with Crippen molar-refractivity contribution in [2.24, 2.45) is 5.10 Å². The average molecular weight is 271 g/mol. The summed E-state index contributed by atoms with van der Waals surface area (Å²) in [6.45, 7) is 4.25. The maximum absolute atomic E-state index is 11.6. The zero-order valence-electron chi connectivity index (χ0n) is 11.5. The van der Waals surface area contributed by atoms with Crippen LogP contribution in [-0.2, 0) is 4.79 Å². The van der Waals surface area contributed by atoms with Crippen LogP contribution in [0.3, 0.4) is 0 Å². The third kappa shape index (κ3) is 3.98. The minimum atomic E-state index is -0.217. The van der Waals surface area contributed by atoms with Crippen LogP contribution in [0.4, 0.5) is 5.69 Å². The number of hydrazone groups is 1. The third-order valence-electron chi connectivity index (χ3n) is 2.88. The third-order valence-corrected chi connectivity index (χ3v) is 2.88. The molecule has 0 atom stereocenters. The van der Waals surface area contributed by atoms with Crippen LogP contribution in [0.2, 0.25) is 0 Å². The molecule has 1 heterocycles. The molecule has 1 aromatic heterocycles. The van der Waals surface area contributed by atoms with Gasteiger partial charge in [0, 0.05) is 5.69 Å². The van der Waals surface area contributed by atoms with Crippen molar-refractivity contribution in [3.05, 3.63) is 53.5 Å². The number of aryl methyl sites for hydroxylation is 2. The van der Waals surface area contributed by atoms with Gasteiger partial charge in [-0.25, -0.2) is 5.43 Å². The Balaban J connectivity index is 1.78. The normalized spacial score (nSPS) is 10.7. The maximum Gasteiger partial charge on any atom is 0.259 e. The number of rotatable bonds is 5. The first kappa shape index (κ1) is 13.9. The standard InChI is InChI=1S/C15H17N3O2/c1-11-5-6-13(8-12(11)2)16-10-15(19)18-17-9-14-4-3-7-20-14/h3-9,16H,10H2,1-2H3,(H,18,19)/b17-9-. The van der Waals surface area contributed by atoms with E-state index in [4.69, 9.17) is 4.42 Å². The molecular formula is C15H17N3O2. The Bertz CT molecular complexity index is 604. The molecule has 0 aliphatic carbocycles. The van der Waals surface area contributed by atoms with Crippen molar-refractivity contribution in [1.29, 1.82) is 0 Å². The molecule has 0 saturated carbocycles. The Kier molecular flexibility index (Phi) is 4.55. The summed E-state index contributed by atoms with van der Waals surface area (Å²) >= 11 is 0. The molecule has 2 aromatic rings. The highest BCUT2D eigenvalue weighted by atomic mass is 16.3. The highest BCUT2D eigenvalue weighted by Gasteiger charge is 2.00. The van der Waals surface area contributed by atoms with Gasteiger partial charge in [-0.1, -0.05) is 6.07 Å². The van der Waals surface area contributed by atoms with E-state index in [1.165, 1.54) is 17.3 Å². The Morgan fingerprint density at radius 3 is 2.85 bits per heavy atom. The van der Waals surface area contributed by atoms with E-state index >= 15 is 0 Å². The maximum atomic E-state index is 11.6. The van der Waals surface area contributed by atoms with Crippen LogP contribution in [0.5, 0.6) is 0 Å². The summed E-state index contributed by atoms with van der Waals surface area (Å²) in [5.74, 6) is 0.374. The fraction of sp³-hybridized carbons (Fsp3) is 0.200. The number of benzene rings is 1. The largest absolute Gasteiger partial charge is 0.463 e. The van der Waals surface area contributed by atoms with E-state index in [0.717, 1.165) is 5.69 Å². The van der Waals surface area contributed by atoms with E-state index in [-0.39, 0.29) is 12.5 Å². The minimum Gasteiger partial charge on any atom is -0.463 e. The van der Waals surface area contributed by atoms with E-state index in [2.05, 4.69) is 22.8 Å². The van der Waals surface area contributed by atoms with Gasteiger partial charge in [0.2, 0.25) is 0 Å². The van der Waals surface area contributed by atoms with Gasteiger partial charge in [-0.2, -0.15) is 5.10 Å². The molecule has 20 heavy (non-hydrogen) atoms.